The number of carbonyl (C=O) groups is 1. The molecular formula is C14H13N5O2. The minimum absolute atomic E-state index is 0.360. The lowest BCUT2D eigenvalue weighted by Crippen LogP contribution is -1.98. The maximum atomic E-state index is 11.4. The molecule has 0 aromatic carbocycles. The molecule has 106 valence electrons. The Balaban J connectivity index is 1.96. The molecule has 0 spiro atoms. The average Bonchev–Trinajstić information content (AvgIpc) is 3.14. The molecule has 0 radical (unpaired) electrons. The number of ether oxygens (including phenoxy) is 1. The van der Waals surface area contributed by atoms with Gasteiger partial charge in [-0.15, -0.1) is 10.2 Å². The Labute approximate surface area is 120 Å². The van der Waals surface area contributed by atoms with E-state index >= 15 is 0 Å². The second-order valence-electron chi connectivity index (χ2n) is 4.29. The third kappa shape index (κ3) is 2.66. The highest BCUT2D eigenvalue weighted by atomic mass is 16.5. The number of fused-ring (bicyclic) bond motifs is 1. The van der Waals surface area contributed by atoms with Gasteiger partial charge in [-0.1, -0.05) is 0 Å². The summed E-state index contributed by atoms with van der Waals surface area (Å²) in [6, 6.07) is 1.90. The van der Waals surface area contributed by atoms with Crippen LogP contribution in [-0.2, 0) is 9.53 Å². The lowest BCUT2D eigenvalue weighted by Gasteiger charge is -2.00. The minimum atomic E-state index is -0.361. The van der Waals surface area contributed by atoms with Crippen LogP contribution >= 0.6 is 0 Å². The predicted molar refractivity (Wildman–Crippen MR) is 76.7 cm³/mol. The van der Waals surface area contributed by atoms with Crippen LogP contribution in [0.1, 0.15) is 12.5 Å². The van der Waals surface area contributed by atoms with E-state index in [2.05, 4.69) is 20.2 Å². The highest BCUT2D eigenvalue weighted by Gasteiger charge is 2.05. The van der Waals surface area contributed by atoms with Crippen molar-refractivity contribution in [2.75, 3.05) is 6.61 Å². The number of hydrogen-bond donors (Lipinski definition) is 1. The van der Waals surface area contributed by atoms with E-state index in [0.717, 1.165) is 16.5 Å². The van der Waals surface area contributed by atoms with E-state index in [1.54, 1.807) is 36.4 Å². The number of H-pyrrole nitrogens is 1. The molecule has 0 bridgehead atoms. The van der Waals surface area contributed by atoms with Crippen molar-refractivity contribution >= 4 is 22.9 Å². The maximum Gasteiger partial charge on any atom is 0.330 e. The second-order valence-corrected chi connectivity index (χ2v) is 4.29. The molecule has 1 N–H and O–H groups in total. The molecule has 0 atom stereocenters. The number of aromatic amines is 1. The van der Waals surface area contributed by atoms with Gasteiger partial charge in [0.25, 0.3) is 0 Å². The van der Waals surface area contributed by atoms with E-state index < -0.39 is 0 Å². The number of esters is 1. The summed E-state index contributed by atoms with van der Waals surface area (Å²) in [6.07, 6.45) is 9.83. The summed E-state index contributed by atoms with van der Waals surface area (Å²) in [6.45, 7) is 2.13. The van der Waals surface area contributed by atoms with Crippen LogP contribution in [0.25, 0.3) is 22.8 Å². The molecule has 0 fully saturated rings. The van der Waals surface area contributed by atoms with Crippen LogP contribution in [0.4, 0.5) is 0 Å². The van der Waals surface area contributed by atoms with Crippen LogP contribution in [0.5, 0.6) is 0 Å². The summed E-state index contributed by atoms with van der Waals surface area (Å²) in [5.41, 5.74) is 1.77. The van der Waals surface area contributed by atoms with Crippen molar-refractivity contribution in [1.29, 1.82) is 0 Å². The smallest absolute Gasteiger partial charge is 0.330 e. The molecule has 3 aromatic rings. The zero-order chi connectivity index (χ0) is 14.7. The molecule has 21 heavy (non-hydrogen) atoms. The van der Waals surface area contributed by atoms with Gasteiger partial charge in [0, 0.05) is 23.2 Å². The summed E-state index contributed by atoms with van der Waals surface area (Å²) in [5, 5.41) is 8.47. The maximum absolute atomic E-state index is 11.4. The first-order valence-corrected chi connectivity index (χ1v) is 6.45. The Hall–Kier alpha value is -2.96. The zero-order valence-corrected chi connectivity index (χ0v) is 11.4. The number of aromatic nitrogens is 5. The van der Waals surface area contributed by atoms with Gasteiger partial charge in [-0.05, 0) is 19.1 Å². The predicted octanol–water partition coefficient (Wildman–Crippen LogP) is 1.72. The van der Waals surface area contributed by atoms with Gasteiger partial charge in [-0.3, -0.25) is 4.57 Å². The Morgan fingerprint density at radius 2 is 2.24 bits per heavy atom. The van der Waals surface area contributed by atoms with Gasteiger partial charge in [-0.2, -0.15) is 0 Å². The number of rotatable bonds is 4. The summed E-state index contributed by atoms with van der Waals surface area (Å²) < 4.78 is 6.58. The zero-order valence-electron chi connectivity index (χ0n) is 11.4. The monoisotopic (exact) mass is 283 g/mol. The molecule has 0 aliphatic carbocycles. The van der Waals surface area contributed by atoms with Crippen LogP contribution in [0, 0.1) is 0 Å². The van der Waals surface area contributed by atoms with Crippen LogP contribution in [0.2, 0.25) is 0 Å². The first-order valence-electron chi connectivity index (χ1n) is 6.45. The van der Waals surface area contributed by atoms with E-state index in [4.69, 9.17) is 4.74 Å². The fourth-order valence-corrected chi connectivity index (χ4v) is 1.98. The quantitative estimate of drug-likeness (QED) is 0.582. The Morgan fingerprint density at radius 1 is 1.43 bits per heavy atom. The van der Waals surface area contributed by atoms with Gasteiger partial charge < -0.3 is 9.72 Å². The lowest BCUT2D eigenvalue weighted by atomic mass is 10.2. The van der Waals surface area contributed by atoms with E-state index in [-0.39, 0.29) is 5.97 Å². The molecule has 0 aliphatic rings. The lowest BCUT2D eigenvalue weighted by molar-refractivity contribution is -0.137. The minimum Gasteiger partial charge on any atom is -0.463 e. The highest BCUT2D eigenvalue weighted by molar-refractivity contribution is 5.94. The van der Waals surface area contributed by atoms with Gasteiger partial charge in [0.2, 0.25) is 0 Å². The van der Waals surface area contributed by atoms with Crippen molar-refractivity contribution in [2.45, 2.75) is 6.92 Å². The van der Waals surface area contributed by atoms with Crippen LogP contribution in [0.3, 0.4) is 0 Å². The molecule has 7 heteroatoms. The Kier molecular flexibility index (Phi) is 3.46. The number of nitrogens with one attached hydrogen (secondary N) is 1. The molecule has 3 heterocycles. The fourth-order valence-electron chi connectivity index (χ4n) is 1.98. The molecule has 0 aliphatic heterocycles. The fraction of sp³-hybridized carbons (Fsp3) is 0.143. The van der Waals surface area contributed by atoms with Crippen LogP contribution in [0.15, 0.2) is 37.2 Å². The van der Waals surface area contributed by atoms with Crippen molar-refractivity contribution < 1.29 is 9.53 Å². The van der Waals surface area contributed by atoms with Crippen molar-refractivity contribution in [3.05, 3.63) is 42.8 Å². The second kappa shape index (κ2) is 5.58. The SMILES string of the molecule is CCOC(=O)C=Cc1c[nH]c2cnc(-n3cnnc3)cc12. The highest BCUT2D eigenvalue weighted by Crippen LogP contribution is 2.21. The molecule has 0 saturated carbocycles. The number of hydrogen-bond acceptors (Lipinski definition) is 5. The van der Waals surface area contributed by atoms with Gasteiger partial charge in [-0.25, -0.2) is 9.78 Å². The van der Waals surface area contributed by atoms with E-state index in [1.807, 2.05) is 12.3 Å². The largest absolute Gasteiger partial charge is 0.463 e. The molecule has 0 amide bonds. The van der Waals surface area contributed by atoms with Crippen molar-refractivity contribution in [2.24, 2.45) is 0 Å². The number of carbonyl (C=O) groups excluding carboxylic acids is 1. The van der Waals surface area contributed by atoms with E-state index in [9.17, 15) is 4.79 Å². The summed E-state index contributed by atoms with van der Waals surface area (Å²) in [7, 11) is 0. The molecule has 0 unspecified atom stereocenters. The van der Waals surface area contributed by atoms with Gasteiger partial charge in [0.1, 0.15) is 18.5 Å². The van der Waals surface area contributed by atoms with E-state index in [0.29, 0.717) is 12.4 Å². The van der Waals surface area contributed by atoms with Crippen LogP contribution < -0.4 is 0 Å². The van der Waals surface area contributed by atoms with Gasteiger partial charge in [0.15, 0.2) is 0 Å². The normalized spacial score (nSPS) is 11.3. The van der Waals surface area contributed by atoms with Crippen molar-refractivity contribution in [3.63, 3.8) is 0 Å². The molecule has 0 saturated heterocycles. The summed E-state index contributed by atoms with van der Waals surface area (Å²) in [5.74, 6) is 0.345. The first-order chi connectivity index (χ1) is 10.3. The number of nitrogens with zero attached hydrogens (tertiary/aromatic N) is 4. The molecule has 3 aromatic heterocycles. The van der Waals surface area contributed by atoms with Gasteiger partial charge >= 0.3 is 5.97 Å². The average molecular weight is 283 g/mol. The summed E-state index contributed by atoms with van der Waals surface area (Å²) >= 11 is 0. The topological polar surface area (TPSA) is 85.7 Å². The third-order valence-electron chi connectivity index (χ3n) is 2.95. The first kappa shape index (κ1) is 13.0. The molecule has 3 rings (SSSR count). The Bertz CT molecular complexity index is 789. The molecule has 7 nitrogen and oxygen atoms in total. The third-order valence-corrected chi connectivity index (χ3v) is 2.95. The van der Waals surface area contributed by atoms with Crippen molar-refractivity contribution in [1.82, 2.24) is 24.7 Å². The number of pyridine rings is 1. The van der Waals surface area contributed by atoms with Crippen LogP contribution in [-0.4, -0.2) is 37.3 Å². The van der Waals surface area contributed by atoms with Gasteiger partial charge in [0.05, 0.1) is 18.3 Å². The van der Waals surface area contributed by atoms with E-state index in [1.165, 1.54) is 6.08 Å². The summed E-state index contributed by atoms with van der Waals surface area (Å²) in [4.78, 5) is 18.8. The molecular weight excluding hydrogens is 270 g/mol. The standard InChI is InChI=1S/C14H13N5O2/c1-2-21-14(20)4-3-10-6-15-12-7-16-13(5-11(10)12)19-8-17-18-9-19/h3-9,15H,2H2,1H3. The van der Waals surface area contributed by atoms with Crippen molar-refractivity contribution in [3.8, 4) is 5.82 Å². The Morgan fingerprint density at radius 3 is 3.00 bits per heavy atom.